The van der Waals surface area contributed by atoms with Gasteiger partial charge in [-0.3, -0.25) is 19.2 Å². The summed E-state index contributed by atoms with van der Waals surface area (Å²) in [6.07, 6.45) is 2.21. The number of aryl methyl sites for hydroxylation is 1. The van der Waals surface area contributed by atoms with Gasteiger partial charge in [0.15, 0.2) is 17.3 Å². The number of esters is 1. The number of ether oxygens (including phenoxy) is 6. The van der Waals surface area contributed by atoms with Crippen LogP contribution in [0.4, 0.5) is 5.69 Å². The van der Waals surface area contributed by atoms with Gasteiger partial charge in [0.2, 0.25) is 23.0 Å². The maximum atomic E-state index is 14.0. The molecule has 4 rings (SSSR count). The van der Waals surface area contributed by atoms with Crippen LogP contribution >= 0.6 is 0 Å². The molecule has 1 aliphatic heterocycles. The second kappa shape index (κ2) is 17.9. The molecular formula is C41H59N3O10. The van der Waals surface area contributed by atoms with Gasteiger partial charge in [0, 0.05) is 25.5 Å². The van der Waals surface area contributed by atoms with E-state index in [2.05, 4.69) is 16.0 Å². The largest absolute Gasteiger partial charge is 0.493 e. The van der Waals surface area contributed by atoms with Crippen molar-refractivity contribution in [3.05, 3.63) is 45.6 Å². The van der Waals surface area contributed by atoms with Crippen molar-refractivity contribution >= 4 is 23.5 Å². The number of hydrogen-bond donors (Lipinski definition) is 3. The van der Waals surface area contributed by atoms with E-state index < -0.39 is 23.5 Å². The van der Waals surface area contributed by atoms with E-state index in [4.69, 9.17) is 28.4 Å². The molecule has 298 valence electrons. The second-order valence-electron chi connectivity index (χ2n) is 15.6. The van der Waals surface area contributed by atoms with Crippen LogP contribution in [-0.2, 0) is 35.0 Å². The summed E-state index contributed by atoms with van der Waals surface area (Å²) in [5.74, 6) is -0.481. The molecule has 2 aromatic rings. The Labute approximate surface area is 319 Å². The first-order valence-electron chi connectivity index (χ1n) is 18.8. The first kappa shape index (κ1) is 42.4. The molecule has 5 atom stereocenters. The zero-order chi connectivity index (χ0) is 40.0. The third kappa shape index (κ3) is 10.7. The number of benzene rings is 1. The molecule has 0 bridgehead atoms. The molecule has 0 radical (unpaired) electrons. The standard InChI is InChI=1S/C41H59N3O10/c1-12-23(2)36(39(48)42-18-17-26-20-27(53-41(7,8)52-26)21-34(47)54-40(4,5)6)44-31-16-14-28-29(22-32(31)46)30(43-24(3)45)15-13-25-19-33(49-9)37(50-10)38(51-11)35(25)28/h14,16,19,22-23,26-27,30,36H,12-13,15,17-18,20-21H2,1-11H3,(H,42,48)(H,43,45)(H,44,46)/t23-,26-,27-,30+,36+/m0/s1. The third-order valence-electron chi connectivity index (χ3n) is 9.73. The van der Waals surface area contributed by atoms with Crippen molar-refractivity contribution in [2.75, 3.05) is 33.2 Å². The third-order valence-corrected chi connectivity index (χ3v) is 9.73. The number of amides is 2. The monoisotopic (exact) mass is 753 g/mol. The highest BCUT2D eigenvalue weighted by Crippen LogP contribution is 2.50. The topological polar surface area (TPSA) is 160 Å². The van der Waals surface area contributed by atoms with Crippen molar-refractivity contribution in [1.29, 1.82) is 0 Å². The van der Waals surface area contributed by atoms with Gasteiger partial charge in [-0.1, -0.05) is 26.3 Å². The molecular weight excluding hydrogens is 694 g/mol. The molecule has 13 nitrogen and oxygen atoms in total. The second-order valence-corrected chi connectivity index (χ2v) is 15.6. The van der Waals surface area contributed by atoms with Crippen molar-refractivity contribution < 1.29 is 42.8 Å². The van der Waals surface area contributed by atoms with Crippen LogP contribution in [0.15, 0.2) is 29.1 Å². The average Bonchev–Trinajstić information content (AvgIpc) is 3.32. The lowest BCUT2D eigenvalue weighted by Gasteiger charge is -2.41. The van der Waals surface area contributed by atoms with Gasteiger partial charge in [-0.05, 0) is 94.7 Å². The van der Waals surface area contributed by atoms with Gasteiger partial charge in [0.05, 0.1) is 51.7 Å². The normalized spacial score (nSPS) is 20.2. The lowest BCUT2D eigenvalue weighted by atomic mass is 9.95. The minimum atomic E-state index is -0.910. The Bertz CT molecular complexity index is 1740. The predicted molar refractivity (Wildman–Crippen MR) is 206 cm³/mol. The summed E-state index contributed by atoms with van der Waals surface area (Å²) in [4.78, 5) is 52.7. The summed E-state index contributed by atoms with van der Waals surface area (Å²) in [6.45, 7) is 14.8. The van der Waals surface area contributed by atoms with Crippen molar-refractivity contribution in [1.82, 2.24) is 10.6 Å². The molecule has 1 saturated heterocycles. The van der Waals surface area contributed by atoms with Crippen LogP contribution in [0.5, 0.6) is 17.2 Å². The number of carbonyl (C=O) groups excluding carboxylic acids is 3. The number of methoxy groups -OCH3 is 3. The fourth-order valence-electron chi connectivity index (χ4n) is 7.25. The fraction of sp³-hybridized carbons (Fsp3) is 0.610. The van der Waals surface area contributed by atoms with Crippen molar-refractivity contribution in [3.63, 3.8) is 0 Å². The van der Waals surface area contributed by atoms with Crippen LogP contribution in [-0.4, -0.2) is 75.3 Å². The first-order chi connectivity index (χ1) is 25.4. The maximum Gasteiger partial charge on any atom is 0.308 e. The lowest BCUT2D eigenvalue weighted by molar-refractivity contribution is -0.300. The van der Waals surface area contributed by atoms with Gasteiger partial charge in [-0.25, -0.2) is 0 Å². The van der Waals surface area contributed by atoms with E-state index in [1.165, 1.54) is 20.1 Å². The van der Waals surface area contributed by atoms with Crippen LogP contribution in [0.2, 0.25) is 0 Å². The van der Waals surface area contributed by atoms with Crippen molar-refractivity contribution in [2.45, 2.75) is 130 Å². The molecule has 1 heterocycles. The Morgan fingerprint density at radius 3 is 2.30 bits per heavy atom. The summed E-state index contributed by atoms with van der Waals surface area (Å²) < 4.78 is 34.9. The van der Waals surface area contributed by atoms with Crippen LogP contribution in [0.3, 0.4) is 0 Å². The van der Waals surface area contributed by atoms with Crippen molar-refractivity contribution in [3.8, 4) is 28.4 Å². The molecule has 0 aromatic heterocycles. The van der Waals surface area contributed by atoms with Crippen LogP contribution in [0.1, 0.15) is 105 Å². The minimum absolute atomic E-state index is 0.105. The van der Waals surface area contributed by atoms with Gasteiger partial charge in [0.25, 0.3) is 0 Å². The number of nitrogens with one attached hydrogen (secondary N) is 3. The SMILES string of the molecule is CC[C@H](C)[C@@H](Nc1ccc2c(cc1=O)[C@H](NC(C)=O)CCc1cc(OC)c(OC)c(OC)c1-2)C(=O)NCC[C@H]1C[C@@H](CC(=O)OC(C)(C)C)OC(C)(C)O1. The van der Waals surface area contributed by atoms with Gasteiger partial charge in [-0.2, -0.15) is 0 Å². The average molecular weight is 754 g/mol. The van der Waals surface area contributed by atoms with E-state index in [1.54, 1.807) is 20.3 Å². The first-order valence-corrected chi connectivity index (χ1v) is 18.8. The molecule has 1 aliphatic carbocycles. The number of fused-ring (bicyclic) bond motifs is 3. The van der Waals surface area contributed by atoms with Crippen LogP contribution in [0.25, 0.3) is 11.1 Å². The zero-order valence-electron chi connectivity index (χ0n) is 33.7. The molecule has 54 heavy (non-hydrogen) atoms. The highest BCUT2D eigenvalue weighted by atomic mass is 16.7. The molecule has 1 fully saturated rings. The Morgan fingerprint density at radius 2 is 1.69 bits per heavy atom. The molecule has 13 heteroatoms. The highest BCUT2D eigenvalue weighted by Gasteiger charge is 2.37. The van der Waals surface area contributed by atoms with Crippen LogP contribution in [0, 0.1) is 5.92 Å². The van der Waals surface area contributed by atoms with E-state index >= 15 is 0 Å². The minimum Gasteiger partial charge on any atom is -0.493 e. The number of anilines is 1. The Balaban J connectivity index is 1.60. The summed E-state index contributed by atoms with van der Waals surface area (Å²) in [6, 6.07) is 5.76. The molecule has 2 aromatic carbocycles. The summed E-state index contributed by atoms with van der Waals surface area (Å²) >= 11 is 0. The fourth-order valence-corrected chi connectivity index (χ4v) is 7.25. The molecule has 0 unspecified atom stereocenters. The van der Waals surface area contributed by atoms with E-state index in [9.17, 15) is 19.2 Å². The van der Waals surface area contributed by atoms with E-state index in [-0.39, 0.29) is 53.4 Å². The van der Waals surface area contributed by atoms with E-state index in [0.29, 0.717) is 67.0 Å². The number of carbonyl (C=O) groups is 3. The summed E-state index contributed by atoms with van der Waals surface area (Å²) in [5, 5.41) is 9.33. The Morgan fingerprint density at radius 1 is 1.00 bits per heavy atom. The summed E-state index contributed by atoms with van der Waals surface area (Å²) in [5.41, 5.74) is 2.29. The lowest BCUT2D eigenvalue weighted by Crippen LogP contribution is -2.48. The summed E-state index contributed by atoms with van der Waals surface area (Å²) in [7, 11) is 4.65. The van der Waals surface area contributed by atoms with Crippen LogP contribution < -0.4 is 35.6 Å². The molecule has 0 spiro atoms. The molecule has 3 N–H and O–H groups in total. The number of rotatable bonds is 14. The maximum absolute atomic E-state index is 14.0. The van der Waals surface area contributed by atoms with Gasteiger partial charge in [0.1, 0.15) is 11.6 Å². The van der Waals surface area contributed by atoms with E-state index in [1.807, 2.05) is 60.6 Å². The van der Waals surface area contributed by atoms with Gasteiger partial charge < -0.3 is 44.4 Å². The Hall–Kier alpha value is -4.36. The quantitative estimate of drug-likeness (QED) is 0.199. The molecule has 0 saturated carbocycles. The Kier molecular flexibility index (Phi) is 14.0. The van der Waals surface area contributed by atoms with Gasteiger partial charge in [-0.15, -0.1) is 0 Å². The predicted octanol–water partition coefficient (Wildman–Crippen LogP) is 5.84. The molecule has 2 aliphatic rings. The number of hydrogen-bond acceptors (Lipinski definition) is 11. The molecule has 2 amide bonds. The zero-order valence-corrected chi connectivity index (χ0v) is 33.7. The highest BCUT2D eigenvalue weighted by molar-refractivity contribution is 5.86. The van der Waals surface area contributed by atoms with E-state index in [0.717, 1.165) is 11.1 Å². The van der Waals surface area contributed by atoms with Gasteiger partial charge >= 0.3 is 5.97 Å². The van der Waals surface area contributed by atoms with Crippen molar-refractivity contribution in [2.24, 2.45) is 5.92 Å². The smallest absolute Gasteiger partial charge is 0.308 e.